The number of amides is 1. The van der Waals surface area contributed by atoms with E-state index >= 15 is 0 Å². The van der Waals surface area contributed by atoms with E-state index in [1.807, 2.05) is 35.9 Å². The van der Waals surface area contributed by atoms with Crippen LogP contribution in [0.2, 0.25) is 0 Å². The molecular formula is C25H33N7O. The monoisotopic (exact) mass is 447 g/mol. The second-order valence-electron chi connectivity index (χ2n) is 8.54. The highest BCUT2D eigenvalue weighted by Crippen LogP contribution is 2.26. The van der Waals surface area contributed by atoms with Gasteiger partial charge in [-0.05, 0) is 76.4 Å². The van der Waals surface area contributed by atoms with E-state index in [0.29, 0.717) is 6.54 Å². The zero-order chi connectivity index (χ0) is 23.4. The third kappa shape index (κ3) is 4.99. The first kappa shape index (κ1) is 22.8. The molecule has 1 aliphatic heterocycles. The molecule has 1 aliphatic rings. The van der Waals surface area contributed by atoms with Crippen molar-refractivity contribution in [3.63, 3.8) is 0 Å². The van der Waals surface area contributed by atoms with Crippen LogP contribution in [-0.2, 0) is 4.79 Å². The minimum Gasteiger partial charge on any atom is -0.372 e. The van der Waals surface area contributed by atoms with Gasteiger partial charge in [0.15, 0.2) is 11.6 Å². The Hall–Kier alpha value is -3.42. The average molecular weight is 448 g/mol. The zero-order valence-corrected chi connectivity index (χ0v) is 20.0. The van der Waals surface area contributed by atoms with Crippen LogP contribution >= 0.6 is 0 Å². The van der Waals surface area contributed by atoms with Crippen molar-refractivity contribution in [2.45, 2.75) is 40.5 Å². The normalized spacial score (nSPS) is 16.0. The Morgan fingerprint density at radius 2 is 1.88 bits per heavy atom. The topological polar surface area (TPSA) is 79.2 Å². The molecule has 1 aromatic carbocycles. The van der Waals surface area contributed by atoms with E-state index in [9.17, 15) is 4.79 Å². The summed E-state index contributed by atoms with van der Waals surface area (Å²) in [5.74, 6) is 2.39. The van der Waals surface area contributed by atoms with Crippen LogP contribution in [0.15, 0.2) is 42.7 Å². The number of benzene rings is 1. The third-order valence-corrected chi connectivity index (χ3v) is 6.42. The van der Waals surface area contributed by atoms with Crippen molar-refractivity contribution >= 4 is 23.1 Å². The summed E-state index contributed by atoms with van der Waals surface area (Å²) in [5, 5.41) is 12.0. The molecule has 0 saturated carbocycles. The molecule has 3 heterocycles. The number of piperidine rings is 1. The summed E-state index contributed by atoms with van der Waals surface area (Å²) >= 11 is 0. The molecule has 0 radical (unpaired) electrons. The highest BCUT2D eigenvalue weighted by molar-refractivity contribution is 5.94. The summed E-state index contributed by atoms with van der Waals surface area (Å²) in [5.41, 5.74) is 3.15. The number of rotatable bonds is 7. The molecule has 1 amide bonds. The number of hydrogen-bond acceptors (Lipinski definition) is 6. The summed E-state index contributed by atoms with van der Waals surface area (Å²) in [6.07, 6.45) is 5.44. The van der Waals surface area contributed by atoms with E-state index in [4.69, 9.17) is 0 Å². The van der Waals surface area contributed by atoms with Gasteiger partial charge in [0.2, 0.25) is 5.91 Å². The fourth-order valence-corrected chi connectivity index (χ4v) is 4.44. The van der Waals surface area contributed by atoms with Crippen molar-refractivity contribution in [3.05, 3.63) is 54.1 Å². The van der Waals surface area contributed by atoms with Crippen molar-refractivity contribution < 1.29 is 4.79 Å². The first-order chi connectivity index (χ1) is 16.0. The second kappa shape index (κ2) is 10.0. The molecule has 174 valence electrons. The summed E-state index contributed by atoms with van der Waals surface area (Å²) in [6.45, 7) is 11.7. The van der Waals surface area contributed by atoms with Crippen LogP contribution in [0.1, 0.15) is 38.1 Å². The predicted molar refractivity (Wildman–Crippen MR) is 132 cm³/mol. The number of nitrogens with zero attached hydrogens (tertiary/aromatic N) is 6. The van der Waals surface area contributed by atoms with E-state index in [-0.39, 0.29) is 11.8 Å². The fourth-order valence-electron chi connectivity index (χ4n) is 4.44. The zero-order valence-electron chi connectivity index (χ0n) is 20.0. The lowest BCUT2D eigenvalue weighted by Crippen LogP contribution is -2.41. The number of imidazole rings is 1. The predicted octanol–water partition coefficient (Wildman–Crippen LogP) is 3.98. The maximum Gasteiger partial charge on any atom is 0.229 e. The first-order valence-corrected chi connectivity index (χ1v) is 11.8. The molecule has 2 aromatic heterocycles. The minimum atomic E-state index is -0.0852. The maximum absolute atomic E-state index is 13.1. The molecule has 8 heteroatoms. The van der Waals surface area contributed by atoms with Crippen LogP contribution in [0.25, 0.3) is 5.82 Å². The van der Waals surface area contributed by atoms with Crippen molar-refractivity contribution in [1.29, 1.82) is 0 Å². The molecule has 1 unspecified atom stereocenters. The first-order valence-electron chi connectivity index (χ1n) is 11.8. The van der Waals surface area contributed by atoms with Gasteiger partial charge in [0, 0.05) is 49.9 Å². The SMILES string of the molecule is CCN(CC)c1ccc(NC(=O)C2CCCN(c3ccc(-n4ccnc4C)nn3)C2)c(C)c1. The lowest BCUT2D eigenvalue weighted by atomic mass is 9.97. The number of carbonyl (C=O) groups excluding carboxylic acids is 1. The van der Waals surface area contributed by atoms with Crippen molar-refractivity contribution in [2.24, 2.45) is 5.92 Å². The average Bonchev–Trinajstić information content (AvgIpc) is 3.27. The smallest absolute Gasteiger partial charge is 0.229 e. The van der Waals surface area contributed by atoms with Crippen LogP contribution in [-0.4, -0.2) is 51.8 Å². The number of anilines is 3. The van der Waals surface area contributed by atoms with Crippen LogP contribution in [0.4, 0.5) is 17.2 Å². The summed E-state index contributed by atoms with van der Waals surface area (Å²) in [4.78, 5) is 21.8. The Balaban J connectivity index is 1.41. The Morgan fingerprint density at radius 3 is 2.52 bits per heavy atom. The number of hydrogen-bond donors (Lipinski definition) is 1. The number of carbonyl (C=O) groups is 1. The van der Waals surface area contributed by atoms with Crippen LogP contribution in [0, 0.1) is 19.8 Å². The van der Waals surface area contributed by atoms with Gasteiger partial charge in [-0.2, -0.15) is 0 Å². The van der Waals surface area contributed by atoms with Crippen molar-refractivity contribution in [3.8, 4) is 5.82 Å². The molecule has 3 aromatic rings. The standard InChI is InChI=1S/C25H33N7O/c1-5-30(6-2)21-9-10-22(18(3)16-21)27-25(33)20-8-7-14-31(17-20)23-11-12-24(29-28-23)32-15-13-26-19(32)4/h9-13,15-16,20H,5-8,14,17H2,1-4H3,(H,27,33). The molecule has 1 atom stereocenters. The highest BCUT2D eigenvalue weighted by atomic mass is 16.1. The molecule has 0 spiro atoms. The number of nitrogens with one attached hydrogen (secondary N) is 1. The number of aromatic nitrogens is 4. The van der Waals surface area contributed by atoms with Gasteiger partial charge in [-0.15, -0.1) is 10.2 Å². The van der Waals surface area contributed by atoms with Crippen LogP contribution in [0.3, 0.4) is 0 Å². The molecule has 0 bridgehead atoms. The van der Waals surface area contributed by atoms with Gasteiger partial charge in [-0.25, -0.2) is 4.98 Å². The second-order valence-corrected chi connectivity index (χ2v) is 8.54. The Labute approximate surface area is 195 Å². The Bertz CT molecular complexity index is 1090. The third-order valence-electron chi connectivity index (χ3n) is 6.42. The van der Waals surface area contributed by atoms with E-state index in [0.717, 1.165) is 61.2 Å². The van der Waals surface area contributed by atoms with E-state index < -0.39 is 0 Å². The summed E-state index contributed by atoms with van der Waals surface area (Å²) < 4.78 is 1.90. The fraction of sp³-hybridized carbons (Fsp3) is 0.440. The van der Waals surface area contributed by atoms with E-state index in [1.165, 1.54) is 5.69 Å². The Morgan fingerprint density at radius 1 is 1.12 bits per heavy atom. The quantitative estimate of drug-likeness (QED) is 0.590. The summed E-state index contributed by atoms with van der Waals surface area (Å²) in [6, 6.07) is 10.2. The molecule has 1 saturated heterocycles. The molecule has 4 rings (SSSR count). The van der Waals surface area contributed by atoms with E-state index in [2.05, 4.69) is 63.2 Å². The van der Waals surface area contributed by atoms with Gasteiger partial charge in [-0.1, -0.05) is 0 Å². The van der Waals surface area contributed by atoms with Gasteiger partial charge in [0.25, 0.3) is 0 Å². The van der Waals surface area contributed by atoms with Crippen molar-refractivity contribution in [2.75, 3.05) is 41.3 Å². The van der Waals surface area contributed by atoms with Gasteiger partial charge in [0.05, 0.1) is 5.92 Å². The number of aryl methyl sites for hydroxylation is 2. The summed E-state index contributed by atoms with van der Waals surface area (Å²) in [7, 11) is 0. The molecule has 1 N–H and O–H groups in total. The molecule has 0 aliphatic carbocycles. The lowest BCUT2D eigenvalue weighted by molar-refractivity contribution is -0.120. The molecule has 8 nitrogen and oxygen atoms in total. The molecule has 1 fully saturated rings. The highest BCUT2D eigenvalue weighted by Gasteiger charge is 2.27. The largest absolute Gasteiger partial charge is 0.372 e. The van der Waals surface area contributed by atoms with Gasteiger partial charge in [-0.3, -0.25) is 9.36 Å². The molecule has 33 heavy (non-hydrogen) atoms. The van der Waals surface area contributed by atoms with Gasteiger partial charge in [0.1, 0.15) is 5.82 Å². The molecular weight excluding hydrogens is 414 g/mol. The minimum absolute atomic E-state index is 0.0667. The van der Waals surface area contributed by atoms with Gasteiger partial charge >= 0.3 is 0 Å². The maximum atomic E-state index is 13.1. The van der Waals surface area contributed by atoms with E-state index in [1.54, 1.807) is 6.20 Å². The van der Waals surface area contributed by atoms with Crippen LogP contribution < -0.4 is 15.1 Å². The van der Waals surface area contributed by atoms with Gasteiger partial charge < -0.3 is 15.1 Å². The Kier molecular flexibility index (Phi) is 6.91. The van der Waals surface area contributed by atoms with Crippen LogP contribution in [0.5, 0.6) is 0 Å². The van der Waals surface area contributed by atoms with Crippen molar-refractivity contribution in [1.82, 2.24) is 19.7 Å². The lowest BCUT2D eigenvalue weighted by Gasteiger charge is -2.32.